The van der Waals surface area contributed by atoms with E-state index in [-0.39, 0.29) is 42.0 Å². The van der Waals surface area contributed by atoms with Crippen LogP contribution in [0.4, 0.5) is 0 Å². The first-order valence-corrected chi connectivity index (χ1v) is 12.3. The van der Waals surface area contributed by atoms with Crippen molar-refractivity contribution >= 4 is 11.8 Å². The van der Waals surface area contributed by atoms with Gasteiger partial charge in [-0.1, -0.05) is 48.5 Å². The first kappa shape index (κ1) is 20.2. The van der Waals surface area contributed by atoms with Crippen LogP contribution in [0, 0.1) is 17.2 Å². The van der Waals surface area contributed by atoms with Crippen LogP contribution in [0.2, 0.25) is 0 Å². The number of nitrogens with zero attached hydrogens (tertiary/aromatic N) is 4. The van der Waals surface area contributed by atoms with Crippen LogP contribution in [-0.2, 0) is 9.59 Å². The van der Waals surface area contributed by atoms with Crippen LogP contribution in [0.5, 0.6) is 0 Å². The molecule has 0 spiro atoms. The Balaban J connectivity index is 1.10. The number of piperidine rings is 1. The summed E-state index contributed by atoms with van der Waals surface area (Å²) >= 11 is 0. The molecular formula is C27H27N5O2. The maximum absolute atomic E-state index is 13.7. The number of hydrogen-bond acceptors (Lipinski definition) is 5. The minimum Gasteiger partial charge on any atom is -0.326 e. The highest BCUT2D eigenvalue weighted by atomic mass is 16.2. The van der Waals surface area contributed by atoms with Crippen LogP contribution >= 0.6 is 0 Å². The number of piperazine rings is 1. The van der Waals surface area contributed by atoms with E-state index in [9.17, 15) is 14.9 Å². The quantitative estimate of drug-likeness (QED) is 0.763. The summed E-state index contributed by atoms with van der Waals surface area (Å²) in [5, 5.41) is 9.44. The van der Waals surface area contributed by atoms with Crippen LogP contribution in [0.25, 0.3) is 11.1 Å². The Hall–Kier alpha value is -3.21. The molecule has 7 nitrogen and oxygen atoms in total. The summed E-state index contributed by atoms with van der Waals surface area (Å²) in [6.07, 6.45) is 2.53. The van der Waals surface area contributed by atoms with Gasteiger partial charge in [-0.15, -0.1) is 0 Å². The summed E-state index contributed by atoms with van der Waals surface area (Å²) in [5.41, 5.74) is 11.2. The molecule has 5 aliphatic rings. The molecule has 2 aliphatic carbocycles. The third-order valence-corrected chi connectivity index (χ3v) is 8.65. The molecule has 5 unspecified atom stereocenters. The summed E-state index contributed by atoms with van der Waals surface area (Å²) in [6, 6.07) is 18.0. The summed E-state index contributed by atoms with van der Waals surface area (Å²) in [7, 11) is 0. The number of rotatable bonds is 4. The molecule has 0 aromatic heterocycles. The number of fused-ring (bicyclic) bond motifs is 6. The Morgan fingerprint density at radius 1 is 1.06 bits per heavy atom. The van der Waals surface area contributed by atoms with Gasteiger partial charge in [-0.05, 0) is 47.4 Å². The predicted molar refractivity (Wildman–Crippen MR) is 125 cm³/mol. The second kappa shape index (κ2) is 7.14. The van der Waals surface area contributed by atoms with Crippen LogP contribution in [0.3, 0.4) is 0 Å². The van der Waals surface area contributed by atoms with E-state index in [4.69, 9.17) is 5.73 Å². The van der Waals surface area contributed by atoms with E-state index in [0.29, 0.717) is 12.5 Å². The maximum atomic E-state index is 13.7. The lowest BCUT2D eigenvalue weighted by atomic mass is 10.0. The molecular weight excluding hydrogens is 426 g/mol. The lowest BCUT2D eigenvalue weighted by Crippen LogP contribution is -2.57. The van der Waals surface area contributed by atoms with Gasteiger partial charge in [-0.2, -0.15) is 5.26 Å². The van der Waals surface area contributed by atoms with Gasteiger partial charge in [0.15, 0.2) is 0 Å². The molecule has 1 saturated carbocycles. The molecule has 3 aliphatic heterocycles. The molecule has 4 fully saturated rings. The summed E-state index contributed by atoms with van der Waals surface area (Å²) in [6.45, 7) is 1.09. The lowest BCUT2D eigenvalue weighted by Gasteiger charge is -2.39. The smallest absolute Gasteiger partial charge is 0.242 e. The van der Waals surface area contributed by atoms with Gasteiger partial charge in [0.25, 0.3) is 0 Å². The SMILES string of the molecule is N#CC1CC2CC2N1C(=O)C(N)CN1C[C@@H]2CC1C(=O)N2C1c2ccccc2-c2ccccc21. The van der Waals surface area contributed by atoms with Crippen molar-refractivity contribution < 1.29 is 9.59 Å². The second-order valence-electron chi connectivity index (χ2n) is 10.5. The fraction of sp³-hybridized carbons (Fsp3) is 0.444. The van der Waals surface area contributed by atoms with Gasteiger partial charge >= 0.3 is 0 Å². The van der Waals surface area contributed by atoms with Crippen LogP contribution in [0.1, 0.15) is 36.4 Å². The molecule has 2 amide bonds. The van der Waals surface area contributed by atoms with Crippen molar-refractivity contribution in [1.82, 2.24) is 14.7 Å². The average Bonchev–Trinajstić information content (AvgIpc) is 3.15. The first-order chi connectivity index (χ1) is 16.6. The normalized spacial score (nSPS) is 31.9. The molecule has 3 saturated heterocycles. The Labute approximate surface area is 198 Å². The van der Waals surface area contributed by atoms with E-state index in [1.165, 1.54) is 22.3 Å². The van der Waals surface area contributed by atoms with Crippen LogP contribution < -0.4 is 5.73 Å². The van der Waals surface area contributed by atoms with E-state index in [0.717, 1.165) is 25.8 Å². The summed E-state index contributed by atoms with van der Waals surface area (Å²) in [5.74, 6) is 0.462. The number of nitriles is 1. The van der Waals surface area contributed by atoms with Crippen molar-refractivity contribution in [2.24, 2.45) is 11.7 Å². The number of carbonyl (C=O) groups is 2. The molecule has 2 N–H and O–H groups in total. The number of benzene rings is 2. The van der Waals surface area contributed by atoms with Crippen LogP contribution in [-0.4, -0.2) is 69.8 Å². The Morgan fingerprint density at radius 2 is 1.74 bits per heavy atom. The Bertz CT molecular complexity index is 1210. The molecule has 7 heteroatoms. The van der Waals surface area contributed by atoms with Gasteiger partial charge in [0.05, 0.1) is 24.2 Å². The van der Waals surface area contributed by atoms with Crippen LogP contribution in [0.15, 0.2) is 48.5 Å². The highest BCUT2D eigenvalue weighted by molar-refractivity contribution is 5.89. The summed E-state index contributed by atoms with van der Waals surface area (Å²) < 4.78 is 0. The minimum absolute atomic E-state index is 0.0554. The fourth-order valence-electron chi connectivity index (χ4n) is 7.07. The molecule has 6 atom stereocenters. The largest absolute Gasteiger partial charge is 0.326 e. The highest BCUT2D eigenvalue weighted by Gasteiger charge is 2.56. The van der Waals surface area contributed by atoms with Crippen molar-refractivity contribution in [3.05, 3.63) is 59.7 Å². The van der Waals surface area contributed by atoms with Crippen molar-refractivity contribution in [2.45, 2.75) is 55.5 Å². The van der Waals surface area contributed by atoms with E-state index < -0.39 is 6.04 Å². The zero-order chi connectivity index (χ0) is 23.1. The predicted octanol–water partition coefficient (Wildman–Crippen LogP) is 1.88. The summed E-state index contributed by atoms with van der Waals surface area (Å²) in [4.78, 5) is 32.7. The van der Waals surface area contributed by atoms with Gasteiger partial charge in [-0.3, -0.25) is 14.5 Å². The van der Waals surface area contributed by atoms with Crippen molar-refractivity contribution in [1.29, 1.82) is 5.26 Å². The number of nitrogens with two attached hydrogens (primary N) is 1. The zero-order valence-corrected chi connectivity index (χ0v) is 18.9. The highest BCUT2D eigenvalue weighted by Crippen LogP contribution is 2.50. The minimum atomic E-state index is -0.705. The third-order valence-electron chi connectivity index (χ3n) is 8.65. The van der Waals surface area contributed by atoms with Gasteiger partial charge in [-0.25, -0.2) is 0 Å². The number of likely N-dealkylation sites (tertiary alicyclic amines) is 3. The average molecular weight is 454 g/mol. The van der Waals surface area contributed by atoms with Crippen molar-refractivity contribution in [3.8, 4) is 17.2 Å². The molecule has 2 bridgehead atoms. The third kappa shape index (κ3) is 2.70. The van der Waals surface area contributed by atoms with Gasteiger partial charge < -0.3 is 15.5 Å². The molecule has 7 rings (SSSR count). The Morgan fingerprint density at radius 3 is 2.38 bits per heavy atom. The zero-order valence-electron chi connectivity index (χ0n) is 18.9. The van der Waals surface area contributed by atoms with Gasteiger partial charge in [0.2, 0.25) is 11.8 Å². The number of hydrogen-bond donors (Lipinski definition) is 1. The second-order valence-corrected chi connectivity index (χ2v) is 10.5. The molecule has 0 radical (unpaired) electrons. The van der Waals surface area contributed by atoms with Gasteiger partial charge in [0, 0.05) is 25.2 Å². The number of carbonyl (C=O) groups excluding carboxylic acids is 2. The maximum Gasteiger partial charge on any atom is 0.242 e. The van der Waals surface area contributed by atoms with E-state index in [1.807, 2.05) is 12.1 Å². The van der Waals surface area contributed by atoms with E-state index in [2.05, 4.69) is 52.3 Å². The topological polar surface area (TPSA) is 93.7 Å². The molecule has 34 heavy (non-hydrogen) atoms. The Kier molecular flexibility index (Phi) is 4.24. The molecule has 172 valence electrons. The van der Waals surface area contributed by atoms with E-state index in [1.54, 1.807) is 4.90 Å². The molecule has 3 heterocycles. The van der Waals surface area contributed by atoms with Crippen molar-refractivity contribution in [3.63, 3.8) is 0 Å². The standard InChI is InChI=1S/C27H27N5O2/c28-12-16-9-15-10-23(15)31(16)26(33)22(29)14-30-13-17-11-24(30)27(34)32(17)25-20-7-3-1-5-18(20)19-6-2-4-8-21(19)25/h1-8,15-17,22-25H,9-11,13-14,29H2/t15?,16?,17-,22?,23?,24?/m0/s1. The van der Waals surface area contributed by atoms with E-state index >= 15 is 0 Å². The van der Waals surface area contributed by atoms with Gasteiger partial charge in [0.1, 0.15) is 6.04 Å². The fourth-order valence-corrected chi connectivity index (χ4v) is 7.07. The number of amides is 2. The first-order valence-electron chi connectivity index (χ1n) is 12.3. The van der Waals surface area contributed by atoms with Crippen molar-refractivity contribution in [2.75, 3.05) is 13.1 Å². The molecule has 2 aromatic rings. The lowest BCUT2D eigenvalue weighted by molar-refractivity contribution is -0.140. The monoisotopic (exact) mass is 453 g/mol. The molecule has 2 aromatic carbocycles.